The highest BCUT2D eigenvalue weighted by Gasteiger charge is 2.43. The molecule has 3 unspecified atom stereocenters. The zero-order valence-electron chi connectivity index (χ0n) is 22.4. The number of fused-ring (bicyclic) bond motifs is 2. The minimum atomic E-state index is 0.0663. The van der Waals surface area contributed by atoms with E-state index in [1.165, 1.54) is 29.5 Å². The monoisotopic (exact) mass is 498 g/mol. The van der Waals surface area contributed by atoms with E-state index in [0.717, 1.165) is 35.7 Å². The molecule has 2 heterocycles. The van der Waals surface area contributed by atoms with E-state index in [4.69, 9.17) is 9.47 Å². The quantitative estimate of drug-likeness (QED) is 0.384. The minimum absolute atomic E-state index is 0.0663. The van der Waals surface area contributed by atoms with Gasteiger partial charge in [0.2, 0.25) is 5.91 Å². The van der Waals surface area contributed by atoms with Gasteiger partial charge in [-0.05, 0) is 87.4 Å². The van der Waals surface area contributed by atoms with Crippen LogP contribution in [0.15, 0.2) is 66.7 Å². The number of methoxy groups -OCH3 is 1. The second kappa shape index (κ2) is 11.0. The van der Waals surface area contributed by atoms with Gasteiger partial charge in [-0.15, -0.1) is 0 Å². The van der Waals surface area contributed by atoms with Crippen LogP contribution >= 0.6 is 0 Å². The molecule has 0 aromatic heterocycles. The molecule has 0 spiro atoms. The topological polar surface area (TPSA) is 50.8 Å². The van der Waals surface area contributed by atoms with Crippen molar-refractivity contribution in [3.8, 4) is 17.2 Å². The van der Waals surface area contributed by atoms with Crippen LogP contribution in [0.3, 0.4) is 0 Å². The van der Waals surface area contributed by atoms with Crippen LogP contribution in [0.1, 0.15) is 60.9 Å². The van der Waals surface area contributed by atoms with Crippen LogP contribution in [0.4, 0.5) is 0 Å². The molecular weight excluding hydrogens is 460 g/mol. The van der Waals surface area contributed by atoms with Crippen molar-refractivity contribution in [1.29, 1.82) is 0 Å². The third kappa shape index (κ3) is 5.37. The molecule has 5 rings (SSSR count). The lowest BCUT2D eigenvalue weighted by molar-refractivity contribution is -0.121. The first-order valence-corrected chi connectivity index (χ1v) is 13.5. The SMILES string of the molecule is COc1ccc(C(C)N2C3CCC2CC(NC(=O)Cc2ccccc2Oc2ccccc2)C3)c(C)c1C. The molecule has 0 saturated carbocycles. The molecule has 0 aliphatic carbocycles. The van der Waals surface area contributed by atoms with E-state index in [9.17, 15) is 4.79 Å². The number of hydrogen-bond acceptors (Lipinski definition) is 4. The molecule has 2 aliphatic heterocycles. The van der Waals surface area contributed by atoms with E-state index in [2.05, 4.69) is 43.1 Å². The summed E-state index contributed by atoms with van der Waals surface area (Å²) in [4.78, 5) is 15.8. The molecule has 1 N–H and O–H groups in total. The summed E-state index contributed by atoms with van der Waals surface area (Å²) in [5.74, 6) is 2.53. The Morgan fingerprint density at radius 3 is 2.30 bits per heavy atom. The summed E-state index contributed by atoms with van der Waals surface area (Å²) >= 11 is 0. The molecule has 3 atom stereocenters. The first kappa shape index (κ1) is 25.3. The van der Waals surface area contributed by atoms with Gasteiger partial charge in [0.25, 0.3) is 0 Å². The summed E-state index contributed by atoms with van der Waals surface area (Å²) < 4.78 is 11.6. The number of carbonyl (C=O) groups excluding carboxylic acids is 1. The van der Waals surface area contributed by atoms with Crippen LogP contribution in [-0.4, -0.2) is 36.0 Å². The molecule has 0 radical (unpaired) electrons. The minimum Gasteiger partial charge on any atom is -0.496 e. The second-order valence-electron chi connectivity index (χ2n) is 10.6. The zero-order valence-corrected chi connectivity index (χ0v) is 22.4. The van der Waals surface area contributed by atoms with Gasteiger partial charge >= 0.3 is 0 Å². The van der Waals surface area contributed by atoms with Crippen LogP contribution in [0.5, 0.6) is 17.2 Å². The molecule has 3 aromatic rings. The van der Waals surface area contributed by atoms with Gasteiger partial charge in [-0.2, -0.15) is 0 Å². The Kier molecular flexibility index (Phi) is 7.52. The van der Waals surface area contributed by atoms with E-state index >= 15 is 0 Å². The van der Waals surface area contributed by atoms with Crippen LogP contribution in [0.2, 0.25) is 0 Å². The van der Waals surface area contributed by atoms with Crippen LogP contribution in [0, 0.1) is 13.8 Å². The Hall–Kier alpha value is -3.31. The highest BCUT2D eigenvalue weighted by molar-refractivity contribution is 5.79. The third-order valence-electron chi connectivity index (χ3n) is 8.35. The molecule has 5 nitrogen and oxygen atoms in total. The average Bonchev–Trinajstić information content (AvgIpc) is 3.17. The van der Waals surface area contributed by atoms with Gasteiger partial charge < -0.3 is 14.8 Å². The first-order chi connectivity index (χ1) is 17.9. The summed E-state index contributed by atoms with van der Waals surface area (Å²) in [6.07, 6.45) is 4.72. The summed E-state index contributed by atoms with van der Waals surface area (Å²) in [7, 11) is 1.74. The summed E-state index contributed by atoms with van der Waals surface area (Å²) in [5.41, 5.74) is 4.83. The third-order valence-corrected chi connectivity index (χ3v) is 8.35. The summed E-state index contributed by atoms with van der Waals surface area (Å²) in [6.45, 7) is 6.68. The number of piperidine rings is 1. The summed E-state index contributed by atoms with van der Waals surface area (Å²) in [5, 5.41) is 3.36. The van der Waals surface area contributed by atoms with E-state index in [1.807, 2.05) is 54.6 Å². The predicted molar refractivity (Wildman–Crippen MR) is 147 cm³/mol. The van der Waals surface area contributed by atoms with Gasteiger partial charge in [0.05, 0.1) is 13.5 Å². The number of benzene rings is 3. The maximum Gasteiger partial charge on any atom is 0.224 e. The molecule has 2 fully saturated rings. The molecule has 37 heavy (non-hydrogen) atoms. The highest BCUT2D eigenvalue weighted by atomic mass is 16.5. The van der Waals surface area contributed by atoms with Crippen molar-refractivity contribution in [1.82, 2.24) is 10.2 Å². The smallest absolute Gasteiger partial charge is 0.224 e. The molecule has 1 amide bonds. The van der Waals surface area contributed by atoms with Crippen molar-refractivity contribution in [2.45, 2.75) is 77.0 Å². The van der Waals surface area contributed by atoms with Crippen molar-refractivity contribution < 1.29 is 14.3 Å². The van der Waals surface area contributed by atoms with E-state index in [1.54, 1.807) is 7.11 Å². The normalized spacial score (nSPS) is 21.9. The number of nitrogens with one attached hydrogen (secondary N) is 1. The van der Waals surface area contributed by atoms with Gasteiger partial charge in [-0.3, -0.25) is 9.69 Å². The van der Waals surface area contributed by atoms with Gasteiger partial charge in [0.15, 0.2) is 0 Å². The van der Waals surface area contributed by atoms with Crippen LogP contribution < -0.4 is 14.8 Å². The summed E-state index contributed by atoms with van der Waals surface area (Å²) in [6, 6.07) is 23.4. The lowest BCUT2D eigenvalue weighted by Crippen LogP contribution is -2.51. The fraction of sp³-hybridized carbons (Fsp3) is 0.406. The molecule has 2 saturated heterocycles. The molecule has 2 bridgehead atoms. The average molecular weight is 499 g/mol. The van der Waals surface area contributed by atoms with Crippen molar-refractivity contribution >= 4 is 5.91 Å². The predicted octanol–water partition coefficient (Wildman–Crippen LogP) is 6.52. The Labute approximate surface area is 220 Å². The molecule has 3 aromatic carbocycles. The fourth-order valence-electron chi connectivity index (χ4n) is 6.43. The largest absolute Gasteiger partial charge is 0.496 e. The number of amides is 1. The van der Waals surface area contributed by atoms with Gasteiger partial charge in [0.1, 0.15) is 17.2 Å². The van der Waals surface area contributed by atoms with Crippen LogP contribution in [-0.2, 0) is 11.2 Å². The molecule has 194 valence electrons. The number of para-hydroxylation sites is 2. The van der Waals surface area contributed by atoms with Crippen molar-refractivity contribution in [3.05, 3.63) is 89.0 Å². The number of carbonyl (C=O) groups is 1. The molecule has 2 aliphatic rings. The maximum absolute atomic E-state index is 13.1. The maximum atomic E-state index is 13.1. The van der Waals surface area contributed by atoms with E-state index in [-0.39, 0.29) is 11.9 Å². The number of nitrogens with zero attached hydrogens (tertiary/aromatic N) is 1. The first-order valence-electron chi connectivity index (χ1n) is 13.5. The Morgan fingerprint density at radius 2 is 1.59 bits per heavy atom. The molecular formula is C32H38N2O3. The standard InChI is InChI=1S/C32H38N2O3/c1-21-22(2)30(36-4)17-16-29(21)23(3)34-26-14-15-27(34)20-25(19-26)33-32(35)18-24-10-8-9-13-31(24)37-28-11-6-5-7-12-28/h5-13,16-17,23,25-27H,14-15,18-20H2,1-4H3,(H,33,35). The van der Waals surface area contributed by atoms with Crippen LogP contribution in [0.25, 0.3) is 0 Å². The van der Waals surface area contributed by atoms with E-state index < -0.39 is 0 Å². The van der Waals surface area contributed by atoms with Gasteiger partial charge in [0, 0.05) is 29.7 Å². The number of ether oxygens (including phenoxy) is 2. The number of hydrogen-bond donors (Lipinski definition) is 1. The van der Waals surface area contributed by atoms with Crippen molar-refractivity contribution in [2.24, 2.45) is 0 Å². The fourth-order valence-corrected chi connectivity index (χ4v) is 6.43. The Bertz CT molecular complexity index is 1230. The van der Waals surface area contributed by atoms with Gasteiger partial charge in [-0.1, -0.05) is 42.5 Å². The highest BCUT2D eigenvalue weighted by Crippen LogP contribution is 2.43. The number of rotatable bonds is 8. The van der Waals surface area contributed by atoms with Gasteiger partial charge in [-0.25, -0.2) is 0 Å². The Morgan fingerprint density at radius 1 is 0.919 bits per heavy atom. The lowest BCUT2D eigenvalue weighted by Gasteiger charge is -2.43. The lowest BCUT2D eigenvalue weighted by atomic mass is 9.91. The zero-order chi connectivity index (χ0) is 25.9. The second-order valence-corrected chi connectivity index (χ2v) is 10.6. The van der Waals surface area contributed by atoms with Crippen molar-refractivity contribution in [2.75, 3.05) is 7.11 Å². The van der Waals surface area contributed by atoms with Crippen molar-refractivity contribution in [3.63, 3.8) is 0 Å². The van der Waals surface area contributed by atoms with E-state index in [0.29, 0.717) is 24.5 Å². The Balaban J connectivity index is 1.22. The molecule has 5 heteroatoms.